The van der Waals surface area contributed by atoms with Gasteiger partial charge in [0, 0.05) is 16.1 Å². The number of hydrogen-bond acceptors (Lipinski definition) is 3. The van der Waals surface area contributed by atoms with Crippen LogP contribution in [0.15, 0.2) is 42.5 Å². The van der Waals surface area contributed by atoms with Crippen LogP contribution in [0.1, 0.15) is 23.0 Å². The Morgan fingerprint density at radius 2 is 1.96 bits per heavy atom. The maximum atomic E-state index is 12.4. The van der Waals surface area contributed by atoms with Gasteiger partial charge in [-0.15, -0.1) is 0 Å². The number of hydrogen-bond donors (Lipinski definition) is 3. The summed E-state index contributed by atoms with van der Waals surface area (Å²) in [6, 6.07) is 11.8. The van der Waals surface area contributed by atoms with Gasteiger partial charge in [-0.3, -0.25) is 14.7 Å². The van der Waals surface area contributed by atoms with E-state index < -0.39 is 11.9 Å². The van der Waals surface area contributed by atoms with E-state index in [1.165, 1.54) is 0 Å². The number of aromatic amines is 1. The monoisotopic (exact) mass is 356 g/mol. The van der Waals surface area contributed by atoms with Gasteiger partial charge in [0.2, 0.25) is 5.91 Å². The minimum Gasteiger partial charge on any atom is -0.339 e. The molecular weight excluding hydrogens is 340 g/mol. The molecule has 0 spiro atoms. The number of carbonyl (C=O) groups excluding carboxylic acids is 2. The number of nitrogens with zero attached hydrogens (tertiary/aromatic N) is 1. The highest BCUT2D eigenvalue weighted by atomic mass is 35.5. The lowest BCUT2D eigenvalue weighted by atomic mass is 10.2. The summed E-state index contributed by atoms with van der Waals surface area (Å²) in [5.74, 6) is -0.754. The van der Waals surface area contributed by atoms with Gasteiger partial charge in [-0.1, -0.05) is 35.9 Å². The molecule has 3 N–H and O–H groups in total. The van der Waals surface area contributed by atoms with Crippen LogP contribution in [-0.4, -0.2) is 28.1 Å². The number of carbonyl (C=O) groups is 2. The van der Waals surface area contributed by atoms with Crippen LogP contribution < -0.4 is 10.6 Å². The predicted octanol–water partition coefficient (Wildman–Crippen LogP) is 3.28. The van der Waals surface area contributed by atoms with Crippen LogP contribution in [0.3, 0.4) is 0 Å². The van der Waals surface area contributed by atoms with E-state index in [-0.39, 0.29) is 11.6 Å². The minimum absolute atomic E-state index is 0.258. The second-order valence-corrected chi connectivity index (χ2v) is 6.17. The van der Waals surface area contributed by atoms with Gasteiger partial charge in [0.05, 0.1) is 5.52 Å². The first-order valence-corrected chi connectivity index (χ1v) is 8.14. The van der Waals surface area contributed by atoms with E-state index in [1.807, 2.05) is 31.2 Å². The quantitative estimate of drug-likeness (QED) is 0.670. The predicted molar refractivity (Wildman–Crippen MR) is 97.8 cm³/mol. The Balaban J connectivity index is 1.68. The van der Waals surface area contributed by atoms with Gasteiger partial charge in [-0.25, -0.2) is 0 Å². The molecule has 1 aromatic heterocycles. The Labute approximate surface area is 149 Å². The van der Waals surface area contributed by atoms with E-state index in [1.54, 1.807) is 25.1 Å². The average Bonchev–Trinajstić information content (AvgIpc) is 3.02. The molecule has 0 aliphatic heterocycles. The fourth-order valence-electron chi connectivity index (χ4n) is 2.39. The second kappa shape index (κ2) is 6.94. The van der Waals surface area contributed by atoms with Crippen molar-refractivity contribution in [2.45, 2.75) is 19.9 Å². The van der Waals surface area contributed by atoms with Crippen molar-refractivity contribution >= 4 is 40.0 Å². The summed E-state index contributed by atoms with van der Waals surface area (Å²) in [5.41, 5.74) is 2.52. The SMILES string of the molecule is Cc1ccc(NC(=O)C(C)NC(=O)c2n[nH]c3ccccc23)cc1Cl. The molecule has 0 aliphatic rings. The molecule has 6 nitrogen and oxygen atoms in total. The minimum atomic E-state index is -0.733. The first-order chi connectivity index (χ1) is 12.0. The molecule has 2 aromatic carbocycles. The average molecular weight is 357 g/mol. The zero-order chi connectivity index (χ0) is 18.0. The summed E-state index contributed by atoms with van der Waals surface area (Å²) >= 11 is 6.05. The van der Waals surface area contributed by atoms with Crippen molar-refractivity contribution in [1.29, 1.82) is 0 Å². The van der Waals surface area contributed by atoms with Gasteiger partial charge in [-0.05, 0) is 37.6 Å². The zero-order valence-electron chi connectivity index (χ0n) is 13.8. The molecular formula is C18H17ClN4O2. The van der Waals surface area contributed by atoms with Crippen LogP contribution in [0.25, 0.3) is 10.9 Å². The number of aromatic nitrogens is 2. The van der Waals surface area contributed by atoms with Crippen LogP contribution in [0.4, 0.5) is 5.69 Å². The van der Waals surface area contributed by atoms with Crippen LogP contribution in [0, 0.1) is 6.92 Å². The number of rotatable bonds is 4. The third-order valence-electron chi connectivity index (χ3n) is 3.87. The number of para-hydroxylation sites is 1. The summed E-state index contributed by atoms with van der Waals surface area (Å²) in [5, 5.41) is 13.5. The topological polar surface area (TPSA) is 86.9 Å². The molecule has 2 amide bonds. The van der Waals surface area contributed by atoms with Gasteiger partial charge in [0.15, 0.2) is 5.69 Å². The van der Waals surface area contributed by atoms with Crippen LogP contribution in [-0.2, 0) is 4.79 Å². The molecule has 0 saturated heterocycles. The summed E-state index contributed by atoms with van der Waals surface area (Å²) in [4.78, 5) is 24.7. The van der Waals surface area contributed by atoms with E-state index in [2.05, 4.69) is 20.8 Å². The van der Waals surface area contributed by atoms with Gasteiger partial charge in [0.1, 0.15) is 6.04 Å². The second-order valence-electron chi connectivity index (χ2n) is 5.77. The zero-order valence-corrected chi connectivity index (χ0v) is 14.5. The standard InChI is InChI=1S/C18H17ClN4O2/c1-10-7-8-12(9-14(10)19)21-17(24)11(2)20-18(25)16-13-5-3-4-6-15(13)22-23-16/h3-9,11H,1-2H3,(H,20,25)(H,21,24)(H,22,23). The fraction of sp³-hybridized carbons (Fsp3) is 0.167. The number of anilines is 1. The van der Waals surface area contributed by atoms with Crippen LogP contribution in [0.2, 0.25) is 5.02 Å². The maximum Gasteiger partial charge on any atom is 0.273 e. The Morgan fingerprint density at radius 3 is 2.72 bits per heavy atom. The lowest BCUT2D eigenvalue weighted by Crippen LogP contribution is -2.41. The molecule has 3 aromatic rings. The van der Waals surface area contributed by atoms with Crippen molar-refractivity contribution in [2.75, 3.05) is 5.32 Å². The summed E-state index contributed by atoms with van der Waals surface area (Å²) in [6.07, 6.45) is 0. The third-order valence-corrected chi connectivity index (χ3v) is 4.27. The van der Waals surface area contributed by atoms with E-state index in [9.17, 15) is 9.59 Å². The molecule has 1 unspecified atom stereocenters. The van der Waals surface area contributed by atoms with Crippen molar-refractivity contribution in [2.24, 2.45) is 0 Å². The number of H-pyrrole nitrogens is 1. The van der Waals surface area contributed by atoms with Crippen LogP contribution >= 0.6 is 11.6 Å². The maximum absolute atomic E-state index is 12.4. The van der Waals surface area contributed by atoms with Gasteiger partial charge >= 0.3 is 0 Å². The third kappa shape index (κ3) is 3.64. The lowest BCUT2D eigenvalue weighted by molar-refractivity contribution is -0.117. The van der Waals surface area contributed by atoms with Crippen molar-refractivity contribution < 1.29 is 9.59 Å². The number of halogens is 1. The molecule has 0 bridgehead atoms. The normalized spacial score (nSPS) is 12.0. The van der Waals surface area contributed by atoms with E-state index in [4.69, 9.17) is 11.6 Å². The Hall–Kier alpha value is -2.86. The fourth-order valence-corrected chi connectivity index (χ4v) is 2.57. The van der Waals surface area contributed by atoms with Crippen molar-refractivity contribution in [3.8, 4) is 0 Å². The molecule has 0 radical (unpaired) electrons. The first kappa shape index (κ1) is 17.0. The molecule has 25 heavy (non-hydrogen) atoms. The number of nitrogens with one attached hydrogen (secondary N) is 3. The number of aryl methyl sites for hydroxylation is 1. The Morgan fingerprint density at radius 1 is 1.20 bits per heavy atom. The summed E-state index contributed by atoms with van der Waals surface area (Å²) in [6.45, 7) is 3.49. The highest BCUT2D eigenvalue weighted by Gasteiger charge is 2.20. The van der Waals surface area contributed by atoms with Crippen LogP contribution in [0.5, 0.6) is 0 Å². The van der Waals surface area contributed by atoms with E-state index in [0.29, 0.717) is 16.1 Å². The highest BCUT2D eigenvalue weighted by Crippen LogP contribution is 2.20. The molecule has 128 valence electrons. The molecule has 0 aliphatic carbocycles. The molecule has 0 fully saturated rings. The Bertz CT molecular complexity index is 951. The van der Waals surface area contributed by atoms with Crippen molar-refractivity contribution in [1.82, 2.24) is 15.5 Å². The molecule has 7 heteroatoms. The number of fused-ring (bicyclic) bond motifs is 1. The van der Waals surface area contributed by atoms with Crippen molar-refractivity contribution in [3.05, 3.63) is 58.7 Å². The van der Waals surface area contributed by atoms with Gasteiger partial charge in [-0.2, -0.15) is 5.10 Å². The highest BCUT2D eigenvalue weighted by molar-refractivity contribution is 6.31. The smallest absolute Gasteiger partial charge is 0.273 e. The van der Waals surface area contributed by atoms with Crippen molar-refractivity contribution in [3.63, 3.8) is 0 Å². The summed E-state index contributed by atoms with van der Waals surface area (Å²) < 4.78 is 0. The van der Waals surface area contributed by atoms with E-state index >= 15 is 0 Å². The van der Waals surface area contributed by atoms with Gasteiger partial charge < -0.3 is 10.6 Å². The number of amides is 2. The lowest BCUT2D eigenvalue weighted by Gasteiger charge is -2.14. The van der Waals surface area contributed by atoms with Gasteiger partial charge in [0.25, 0.3) is 5.91 Å². The Kier molecular flexibility index (Phi) is 4.72. The summed E-state index contributed by atoms with van der Waals surface area (Å²) in [7, 11) is 0. The molecule has 0 saturated carbocycles. The first-order valence-electron chi connectivity index (χ1n) is 7.76. The molecule has 1 atom stereocenters. The largest absolute Gasteiger partial charge is 0.339 e. The number of benzene rings is 2. The molecule has 1 heterocycles. The van der Waals surface area contributed by atoms with E-state index in [0.717, 1.165) is 11.1 Å². The molecule has 3 rings (SSSR count).